The van der Waals surface area contributed by atoms with Crippen LogP contribution in [0.5, 0.6) is 0 Å². The normalized spacial score (nSPS) is 24.2. The molecule has 1 aliphatic carbocycles. The summed E-state index contributed by atoms with van der Waals surface area (Å²) in [6, 6.07) is 5.79. The molecule has 0 spiro atoms. The van der Waals surface area contributed by atoms with Gasteiger partial charge in [-0.1, -0.05) is 35.3 Å². The van der Waals surface area contributed by atoms with Gasteiger partial charge in [0, 0.05) is 0 Å². The Morgan fingerprint density at radius 1 is 1.36 bits per heavy atom. The smallest absolute Gasteiger partial charge is 0.0627 e. The van der Waals surface area contributed by atoms with Crippen molar-refractivity contribution in [2.24, 2.45) is 11.7 Å². The second-order valence-corrected chi connectivity index (χ2v) is 4.27. The first-order valence-corrected chi connectivity index (χ1v) is 5.13. The molecule has 0 saturated heterocycles. The predicted octanol–water partition coefficient (Wildman–Crippen LogP) is 3.48. The van der Waals surface area contributed by atoms with Crippen molar-refractivity contribution in [1.82, 2.24) is 0 Å². The summed E-state index contributed by atoms with van der Waals surface area (Å²) in [5.41, 5.74) is 6.73. The van der Waals surface area contributed by atoms with E-state index in [4.69, 9.17) is 28.9 Å². The van der Waals surface area contributed by atoms with Crippen molar-refractivity contribution < 1.29 is 0 Å². The van der Waals surface area contributed by atoms with Gasteiger partial charge < -0.3 is 5.73 Å². The number of benzene rings is 1. The molecule has 0 amide bonds. The molecule has 2 rings (SSSR count). The Bertz CT molecular complexity index is 327. The quantitative estimate of drug-likeness (QED) is 0.857. The van der Waals surface area contributed by atoms with Crippen molar-refractivity contribution in [2.45, 2.75) is 12.3 Å². The zero-order chi connectivity index (χ0) is 9.42. The lowest BCUT2D eigenvalue weighted by Crippen LogP contribution is -2.02. The van der Waals surface area contributed by atoms with E-state index in [1.165, 1.54) is 0 Å². The maximum Gasteiger partial charge on any atom is 0.0627 e. The van der Waals surface area contributed by atoms with E-state index in [1.807, 2.05) is 18.2 Å². The first kappa shape index (κ1) is 12.1. The average molecular weight is 253 g/mol. The minimum Gasteiger partial charge on any atom is -0.330 e. The van der Waals surface area contributed by atoms with Gasteiger partial charge in [-0.05, 0) is 36.4 Å². The van der Waals surface area contributed by atoms with E-state index in [-0.39, 0.29) is 12.4 Å². The Labute approximate surface area is 100.0 Å². The molecule has 2 N–H and O–H groups in total. The van der Waals surface area contributed by atoms with Gasteiger partial charge in [0.2, 0.25) is 0 Å². The molecular weight excluding hydrogens is 240 g/mol. The Hall–Kier alpha value is 0.0500. The highest BCUT2D eigenvalue weighted by atomic mass is 35.5. The molecule has 0 heterocycles. The average Bonchev–Trinajstić information content (AvgIpc) is 2.89. The summed E-state index contributed by atoms with van der Waals surface area (Å²) in [5.74, 6) is 1.15. The summed E-state index contributed by atoms with van der Waals surface area (Å²) in [5, 5.41) is 1.34. The third-order valence-corrected chi connectivity index (χ3v) is 3.44. The van der Waals surface area contributed by atoms with Gasteiger partial charge in [-0.25, -0.2) is 0 Å². The molecule has 0 aromatic heterocycles. The molecule has 0 aliphatic heterocycles. The molecule has 1 aromatic rings. The van der Waals surface area contributed by atoms with E-state index >= 15 is 0 Å². The van der Waals surface area contributed by atoms with E-state index in [0.717, 1.165) is 18.5 Å². The molecule has 1 nitrogen and oxygen atoms in total. The number of halogens is 3. The summed E-state index contributed by atoms with van der Waals surface area (Å²) >= 11 is 12.0. The van der Waals surface area contributed by atoms with Crippen LogP contribution in [0, 0.1) is 5.92 Å². The summed E-state index contributed by atoms with van der Waals surface area (Å²) in [4.78, 5) is 0. The van der Waals surface area contributed by atoms with Gasteiger partial charge in [-0.15, -0.1) is 12.4 Å². The highest BCUT2D eigenvalue weighted by Crippen LogP contribution is 2.49. The Morgan fingerprint density at radius 2 is 2.07 bits per heavy atom. The van der Waals surface area contributed by atoms with Gasteiger partial charge in [0.05, 0.1) is 10.0 Å². The lowest BCUT2D eigenvalue weighted by atomic mass is 10.1. The van der Waals surface area contributed by atoms with E-state index in [1.54, 1.807) is 0 Å². The van der Waals surface area contributed by atoms with Crippen LogP contribution >= 0.6 is 35.6 Å². The molecule has 1 fully saturated rings. The lowest BCUT2D eigenvalue weighted by molar-refractivity contribution is 0.810. The highest BCUT2D eigenvalue weighted by Gasteiger charge is 2.38. The van der Waals surface area contributed by atoms with E-state index < -0.39 is 0 Å². The molecule has 0 bridgehead atoms. The Morgan fingerprint density at radius 3 is 2.64 bits per heavy atom. The molecule has 1 aliphatic rings. The van der Waals surface area contributed by atoms with Gasteiger partial charge in [0.15, 0.2) is 0 Å². The maximum absolute atomic E-state index is 6.08. The van der Waals surface area contributed by atoms with Gasteiger partial charge in [-0.3, -0.25) is 0 Å². The second-order valence-electron chi connectivity index (χ2n) is 3.48. The van der Waals surface area contributed by atoms with Crippen molar-refractivity contribution in [1.29, 1.82) is 0 Å². The molecule has 0 unspecified atom stereocenters. The Kier molecular flexibility index (Phi) is 4.08. The Balaban J connectivity index is 0.000000980. The summed E-state index contributed by atoms with van der Waals surface area (Å²) in [6.45, 7) is 0.744. The van der Waals surface area contributed by atoms with Crippen LogP contribution in [0.4, 0.5) is 0 Å². The SMILES string of the molecule is Cl.NC[C@@H]1C[C@H]1c1cccc(Cl)c1Cl. The zero-order valence-electron chi connectivity index (χ0n) is 7.54. The first-order valence-electron chi connectivity index (χ1n) is 4.38. The maximum atomic E-state index is 6.08. The molecule has 2 atom stereocenters. The molecule has 78 valence electrons. The van der Waals surface area contributed by atoms with Crippen LogP contribution in [-0.4, -0.2) is 6.54 Å². The first-order chi connectivity index (χ1) is 6.24. The molecule has 1 saturated carbocycles. The third kappa shape index (κ3) is 2.17. The topological polar surface area (TPSA) is 26.0 Å². The number of hydrogen-bond donors (Lipinski definition) is 1. The van der Waals surface area contributed by atoms with Gasteiger partial charge in [0.1, 0.15) is 0 Å². The fourth-order valence-electron chi connectivity index (χ4n) is 1.70. The van der Waals surface area contributed by atoms with Crippen LogP contribution in [0.2, 0.25) is 10.0 Å². The second kappa shape index (κ2) is 4.71. The van der Waals surface area contributed by atoms with Crippen molar-refractivity contribution in [3.05, 3.63) is 33.8 Å². The molecular formula is C10H12Cl3N. The minimum atomic E-state index is 0. The number of rotatable bonds is 2. The van der Waals surface area contributed by atoms with Crippen LogP contribution in [0.1, 0.15) is 17.9 Å². The van der Waals surface area contributed by atoms with Crippen LogP contribution in [0.25, 0.3) is 0 Å². The van der Waals surface area contributed by atoms with Crippen molar-refractivity contribution >= 4 is 35.6 Å². The highest BCUT2D eigenvalue weighted by molar-refractivity contribution is 6.42. The minimum absolute atomic E-state index is 0. The van der Waals surface area contributed by atoms with Gasteiger partial charge >= 0.3 is 0 Å². The summed E-state index contributed by atoms with van der Waals surface area (Å²) in [7, 11) is 0. The van der Waals surface area contributed by atoms with Crippen LogP contribution in [0.3, 0.4) is 0 Å². The van der Waals surface area contributed by atoms with Crippen molar-refractivity contribution in [2.75, 3.05) is 6.54 Å². The van der Waals surface area contributed by atoms with E-state index in [9.17, 15) is 0 Å². The number of hydrogen-bond acceptors (Lipinski definition) is 1. The van der Waals surface area contributed by atoms with Crippen LogP contribution in [0.15, 0.2) is 18.2 Å². The molecule has 1 aromatic carbocycles. The van der Waals surface area contributed by atoms with E-state index in [2.05, 4.69) is 0 Å². The largest absolute Gasteiger partial charge is 0.330 e. The van der Waals surface area contributed by atoms with Gasteiger partial charge in [0.25, 0.3) is 0 Å². The summed E-state index contributed by atoms with van der Waals surface area (Å²) in [6.07, 6.45) is 1.15. The fraction of sp³-hybridized carbons (Fsp3) is 0.400. The molecule has 4 heteroatoms. The predicted molar refractivity (Wildman–Crippen MR) is 63.6 cm³/mol. The molecule has 14 heavy (non-hydrogen) atoms. The standard InChI is InChI=1S/C10H11Cl2N.ClH/c11-9-3-1-2-7(10(9)12)8-4-6(8)5-13;/h1-3,6,8H,4-5,13H2;1H/t6-,8+;/m0./s1. The lowest BCUT2D eigenvalue weighted by Gasteiger charge is -2.03. The fourth-order valence-corrected chi connectivity index (χ4v) is 2.14. The number of nitrogens with two attached hydrogens (primary N) is 1. The van der Waals surface area contributed by atoms with Crippen molar-refractivity contribution in [3.63, 3.8) is 0 Å². The monoisotopic (exact) mass is 251 g/mol. The van der Waals surface area contributed by atoms with Crippen LogP contribution < -0.4 is 5.73 Å². The van der Waals surface area contributed by atoms with E-state index in [0.29, 0.717) is 21.9 Å². The third-order valence-electron chi connectivity index (χ3n) is 2.61. The van der Waals surface area contributed by atoms with Crippen molar-refractivity contribution in [3.8, 4) is 0 Å². The van der Waals surface area contributed by atoms with Crippen LogP contribution in [-0.2, 0) is 0 Å². The molecule has 0 radical (unpaired) electrons. The zero-order valence-corrected chi connectivity index (χ0v) is 9.87. The van der Waals surface area contributed by atoms with Gasteiger partial charge in [-0.2, -0.15) is 0 Å². The summed E-state index contributed by atoms with van der Waals surface area (Å²) < 4.78 is 0.